The van der Waals surface area contributed by atoms with E-state index >= 15 is 9.13 Å². The lowest BCUT2D eigenvalue weighted by Gasteiger charge is -2.23. The lowest BCUT2D eigenvalue weighted by Crippen LogP contribution is -2.26. The fourth-order valence-corrected chi connectivity index (χ4v) is 19.1. The molecule has 2 atom stereocenters. The van der Waals surface area contributed by atoms with Crippen LogP contribution in [0, 0.1) is 0 Å². The topological polar surface area (TPSA) is 64.8 Å². The number of para-hydroxylation sites is 2. The molecule has 14 aromatic rings. The van der Waals surface area contributed by atoms with Crippen molar-refractivity contribution in [2.24, 2.45) is 0 Å². The quantitative estimate of drug-likeness (QED) is 0.0804. The van der Waals surface area contributed by atoms with Gasteiger partial charge >= 0.3 is 0 Å². The van der Waals surface area contributed by atoms with Gasteiger partial charge in [-0.3, -0.25) is 0 Å². The highest BCUT2D eigenvalue weighted by Crippen LogP contribution is 2.50. The molecule has 5 nitrogen and oxygen atoms in total. The van der Waals surface area contributed by atoms with Crippen molar-refractivity contribution in [1.82, 2.24) is 14.5 Å². The third-order valence-electron chi connectivity index (χ3n) is 16.1. The van der Waals surface area contributed by atoms with Crippen molar-refractivity contribution in [2.75, 3.05) is 0 Å². The first kappa shape index (κ1) is 53.2. The van der Waals surface area contributed by atoms with E-state index < -0.39 is 14.3 Å². The maximum absolute atomic E-state index is 17.3. The Hall–Kier alpha value is -9.80. The first-order valence-electron chi connectivity index (χ1n) is 28.4. The second-order valence-electron chi connectivity index (χ2n) is 21.2. The Morgan fingerprint density at radius 1 is 0.435 bits per heavy atom. The number of thiophene rings is 1. The number of benzene rings is 11. The van der Waals surface area contributed by atoms with Gasteiger partial charge in [-0.25, -0.2) is 9.97 Å². The summed E-state index contributed by atoms with van der Waals surface area (Å²) in [5, 5.41) is 8.60. The molecule has 0 saturated carbocycles. The number of fused-ring (bicyclic) bond motifs is 6. The standard InChI is InChI=1S/C77H55N3O2P2S/c1-3-4-7-22-53(2)55-23-18-25-57(47-55)67-34-13-12-33-66(67)54-39-42-63(43-40-54)84(82,62-29-10-6-11-30-62)74-51-59(50-71-70-49-58(77-78-45-21-46-79-77)41-44-75(70)85-76(71)74)56-24-19-31-64(48-56)83(81,61-27-8-5-9-28-61)65-32-20-26-60(52-65)80-72-37-16-14-35-68(72)69-36-15-17-38-73(69)80/h3-52H,2H2,1H3/b4-3-,22-7-. The first-order valence-corrected chi connectivity index (χ1v) is 32.6. The zero-order chi connectivity index (χ0) is 57.5. The molecular formula is C77H55N3O2P2S. The van der Waals surface area contributed by atoms with Crippen molar-refractivity contribution in [3.05, 3.63) is 316 Å². The molecule has 14 rings (SSSR count). The van der Waals surface area contributed by atoms with E-state index in [1.54, 1.807) is 23.7 Å². The highest BCUT2D eigenvalue weighted by Gasteiger charge is 2.35. The van der Waals surface area contributed by atoms with E-state index in [9.17, 15) is 0 Å². The van der Waals surface area contributed by atoms with Crippen molar-refractivity contribution in [3.63, 3.8) is 0 Å². The molecule has 0 bridgehead atoms. The molecule has 0 N–H and O–H groups in total. The van der Waals surface area contributed by atoms with E-state index in [2.05, 4.69) is 197 Å². The van der Waals surface area contributed by atoms with Gasteiger partial charge < -0.3 is 13.7 Å². The maximum atomic E-state index is 17.3. The molecule has 0 aliphatic carbocycles. The minimum atomic E-state index is -3.70. The third kappa shape index (κ3) is 9.55. The molecule has 0 aliphatic heterocycles. The van der Waals surface area contributed by atoms with Gasteiger partial charge in [-0.1, -0.05) is 225 Å². The van der Waals surface area contributed by atoms with Gasteiger partial charge in [-0.2, -0.15) is 0 Å². The van der Waals surface area contributed by atoms with Crippen LogP contribution in [0.15, 0.2) is 310 Å². The summed E-state index contributed by atoms with van der Waals surface area (Å²) in [5.74, 6) is 0.624. The van der Waals surface area contributed by atoms with Crippen LogP contribution in [-0.2, 0) is 9.13 Å². The normalized spacial score (nSPS) is 13.2. The summed E-state index contributed by atoms with van der Waals surface area (Å²) < 4.78 is 38.4. The molecule has 2 unspecified atom stereocenters. The van der Waals surface area contributed by atoms with Gasteiger partial charge in [0, 0.05) is 86.4 Å². The Balaban J connectivity index is 0.944. The van der Waals surface area contributed by atoms with E-state index in [1.807, 2.05) is 122 Å². The molecule has 0 spiro atoms. The van der Waals surface area contributed by atoms with Crippen LogP contribution in [-0.4, -0.2) is 14.5 Å². The molecule has 0 radical (unpaired) electrons. The number of hydrogen-bond donors (Lipinski definition) is 0. The predicted octanol–water partition coefficient (Wildman–Crippen LogP) is 18.0. The lowest BCUT2D eigenvalue weighted by atomic mass is 9.93. The number of hydrogen-bond acceptors (Lipinski definition) is 5. The molecule has 85 heavy (non-hydrogen) atoms. The van der Waals surface area contributed by atoms with E-state index in [4.69, 9.17) is 0 Å². The number of nitrogens with zero attached hydrogens (tertiary/aromatic N) is 3. The summed E-state index contributed by atoms with van der Waals surface area (Å²) in [4.78, 5) is 9.27. The summed E-state index contributed by atoms with van der Waals surface area (Å²) in [6, 6.07) is 91.0. The fourth-order valence-electron chi connectivity index (χ4n) is 12.0. The highest BCUT2D eigenvalue weighted by atomic mass is 32.1. The van der Waals surface area contributed by atoms with Crippen molar-refractivity contribution in [3.8, 4) is 50.5 Å². The van der Waals surface area contributed by atoms with Crippen LogP contribution in [0.25, 0.3) is 98.0 Å². The van der Waals surface area contributed by atoms with Crippen LogP contribution >= 0.6 is 25.6 Å². The Labute approximate surface area is 498 Å². The van der Waals surface area contributed by atoms with Crippen LogP contribution < -0.4 is 31.8 Å². The number of allylic oxidation sites excluding steroid dienone is 5. The van der Waals surface area contributed by atoms with Gasteiger partial charge in [0.2, 0.25) is 0 Å². The van der Waals surface area contributed by atoms with Gasteiger partial charge in [0.05, 0.1) is 11.0 Å². The van der Waals surface area contributed by atoms with E-state index in [-0.39, 0.29) is 0 Å². The Bertz CT molecular complexity index is 4990. The second kappa shape index (κ2) is 22.4. The average Bonchev–Trinajstić information content (AvgIpc) is 2.14. The SMILES string of the molecule is C=C(/C=C\C=C/C)c1cccc(-c2ccccc2-c2ccc(P(=O)(c3ccccc3)c3cc(-c4cccc(P(=O)(c5ccccc5)c5cccc(-n6c7ccccc7c7ccccc76)c5)c4)cc4c3sc3ccc(-c5ncccn5)cc34)cc2)c1. The van der Waals surface area contributed by atoms with Crippen molar-refractivity contribution >= 4 is 105 Å². The molecular weight excluding hydrogens is 1090 g/mol. The van der Waals surface area contributed by atoms with Crippen molar-refractivity contribution in [2.45, 2.75) is 6.92 Å². The molecule has 0 amide bonds. The van der Waals surface area contributed by atoms with Crippen LogP contribution in [0.4, 0.5) is 0 Å². The fraction of sp³-hybridized carbons (Fsp3) is 0.0130. The Kier molecular flexibility index (Phi) is 14.0. The van der Waals surface area contributed by atoms with E-state index in [1.165, 1.54) is 0 Å². The van der Waals surface area contributed by atoms with E-state index in [0.717, 1.165) is 119 Å². The monoisotopic (exact) mass is 1150 g/mol. The maximum Gasteiger partial charge on any atom is 0.172 e. The number of rotatable bonds is 14. The summed E-state index contributed by atoms with van der Waals surface area (Å²) in [6.07, 6.45) is 11.6. The van der Waals surface area contributed by atoms with Crippen LogP contribution in [0.2, 0.25) is 0 Å². The lowest BCUT2D eigenvalue weighted by molar-refractivity contribution is 0.591. The average molecular weight is 1150 g/mol. The van der Waals surface area contributed by atoms with Gasteiger partial charge in [0.25, 0.3) is 0 Å². The van der Waals surface area contributed by atoms with Gasteiger partial charge in [0.15, 0.2) is 20.1 Å². The minimum Gasteiger partial charge on any atom is -0.309 e. The molecule has 11 aromatic carbocycles. The van der Waals surface area contributed by atoms with Crippen molar-refractivity contribution < 1.29 is 9.13 Å². The van der Waals surface area contributed by atoms with Gasteiger partial charge in [0.1, 0.15) is 0 Å². The molecule has 3 aromatic heterocycles. The molecule has 0 saturated heterocycles. The Morgan fingerprint density at radius 3 is 1.71 bits per heavy atom. The molecule has 406 valence electrons. The zero-order valence-corrected chi connectivity index (χ0v) is 49.1. The smallest absolute Gasteiger partial charge is 0.172 e. The van der Waals surface area contributed by atoms with E-state index in [0.29, 0.717) is 16.4 Å². The molecule has 8 heteroatoms. The van der Waals surface area contributed by atoms with Crippen LogP contribution in [0.5, 0.6) is 0 Å². The van der Waals surface area contributed by atoms with Gasteiger partial charge in [-0.15, -0.1) is 11.3 Å². The predicted molar refractivity (Wildman–Crippen MR) is 363 cm³/mol. The summed E-state index contributed by atoms with van der Waals surface area (Å²) in [6.45, 7) is 6.36. The summed E-state index contributed by atoms with van der Waals surface area (Å²) >= 11 is 1.65. The second-order valence-corrected chi connectivity index (χ2v) is 27.7. The van der Waals surface area contributed by atoms with Crippen LogP contribution in [0.1, 0.15) is 12.5 Å². The molecule has 3 heterocycles. The summed E-state index contributed by atoms with van der Waals surface area (Å²) in [7, 11) is -7.29. The molecule has 0 fully saturated rings. The van der Waals surface area contributed by atoms with Gasteiger partial charge in [-0.05, 0) is 124 Å². The highest BCUT2D eigenvalue weighted by molar-refractivity contribution is 7.86. The molecule has 0 aliphatic rings. The van der Waals surface area contributed by atoms with Crippen LogP contribution in [0.3, 0.4) is 0 Å². The Morgan fingerprint density at radius 2 is 1.00 bits per heavy atom. The summed E-state index contributed by atoms with van der Waals surface area (Å²) in [5.41, 5.74) is 11.9. The minimum absolute atomic E-state index is 0.624. The third-order valence-corrected chi connectivity index (χ3v) is 23.6. The number of aromatic nitrogens is 3. The largest absolute Gasteiger partial charge is 0.309 e. The zero-order valence-electron chi connectivity index (χ0n) is 46.5. The van der Waals surface area contributed by atoms with Crippen molar-refractivity contribution in [1.29, 1.82) is 0 Å². The first-order chi connectivity index (χ1) is 41.8.